The predicted octanol–water partition coefficient (Wildman–Crippen LogP) is 1.55. The molecule has 4 heteroatoms. The Labute approximate surface area is 111 Å². The molecule has 0 bridgehead atoms. The number of allylic oxidation sites excluding steroid dienone is 1. The highest BCUT2D eigenvalue weighted by Gasteiger charge is 2.69. The number of carbonyl (C=O) groups is 2. The fraction of sp³-hybridized carbons (Fsp3) is 0.600. The lowest BCUT2D eigenvalue weighted by molar-refractivity contribution is -0.141. The van der Waals surface area contributed by atoms with E-state index in [-0.39, 0.29) is 35.6 Å². The van der Waals surface area contributed by atoms with Crippen molar-refractivity contribution in [1.29, 1.82) is 0 Å². The van der Waals surface area contributed by atoms with Crippen molar-refractivity contribution < 1.29 is 19.1 Å². The SMILES string of the molecule is C=C1C(=O)O[C@H]2[C@H]1CCC(C=O)=C1C[C@@H]3O[C@]3(C)[C@@H]12. The van der Waals surface area contributed by atoms with Crippen molar-refractivity contribution in [2.75, 3.05) is 0 Å². The van der Waals surface area contributed by atoms with Gasteiger partial charge in [0, 0.05) is 17.4 Å². The molecule has 0 amide bonds. The summed E-state index contributed by atoms with van der Waals surface area (Å²) in [5.41, 5.74) is 2.36. The van der Waals surface area contributed by atoms with Gasteiger partial charge in [-0.05, 0) is 31.8 Å². The van der Waals surface area contributed by atoms with Crippen molar-refractivity contribution in [3.63, 3.8) is 0 Å². The Kier molecular flexibility index (Phi) is 2.02. The normalized spacial score (nSPS) is 47.2. The first-order valence-corrected chi connectivity index (χ1v) is 6.81. The van der Waals surface area contributed by atoms with Gasteiger partial charge in [-0.1, -0.05) is 12.2 Å². The molecule has 0 spiro atoms. The first kappa shape index (κ1) is 11.4. The van der Waals surface area contributed by atoms with Crippen LogP contribution < -0.4 is 0 Å². The minimum atomic E-state index is -0.281. The zero-order valence-electron chi connectivity index (χ0n) is 10.8. The molecule has 0 aromatic heterocycles. The molecule has 100 valence electrons. The summed E-state index contributed by atoms with van der Waals surface area (Å²) in [5.74, 6) is -0.213. The molecule has 3 fully saturated rings. The highest BCUT2D eigenvalue weighted by molar-refractivity contribution is 5.91. The molecule has 4 rings (SSSR count). The smallest absolute Gasteiger partial charge is 0.334 e. The van der Waals surface area contributed by atoms with Gasteiger partial charge in [0.2, 0.25) is 0 Å². The highest BCUT2D eigenvalue weighted by Crippen LogP contribution is 2.61. The number of fused-ring (bicyclic) bond motifs is 5. The van der Waals surface area contributed by atoms with Gasteiger partial charge in [-0.2, -0.15) is 0 Å². The molecule has 4 nitrogen and oxygen atoms in total. The quantitative estimate of drug-likeness (QED) is 0.311. The molecule has 1 saturated carbocycles. The van der Waals surface area contributed by atoms with Crippen molar-refractivity contribution in [3.05, 3.63) is 23.3 Å². The molecule has 0 radical (unpaired) electrons. The van der Waals surface area contributed by atoms with E-state index in [1.807, 2.05) is 0 Å². The molecule has 2 aliphatic carbocycles. The Morgan fingerprint density at radius 3 is 3.00 bits per heavy atom. The van der Waals surface area contributed by atoms with Crippen LogP contribution in [-0.2, 0) is 19.1 Å². The molecule has 2 saturated heterocycles. The maximum atomic E-state index is 11.8. The maximum absolute atomic E-state index is 11.8. The third-order valence-corrected chi connectivity index (χ3v) is 5.33. The summed E-state index contributed by atoms with van der Waals surface area (Å²) in [6.45, 7) is 5.93. The van der Waals surface area contributed by atoms with Crippen LogP contribution in [0.5, 0.6) is 0 Å². The van der Waals surface area contributed by atoms with E-state index in [1.165, 1.54) is 0 Å². The number of aldehydes is 1. The zero-order valence-corrected chi connectivity index (χ0v) is 10.8. The Hall–Kier alpha value is -1.42. The van der Waals surface area contributed by atoms with Gasteiger partial charge in [-0.25, -0.2) is 4.79 Å². The second-order valence-corrected chi connectivity index (χ2v) is 6.18. The molecule has 19 heavy (non-hydrogen) atoms. The van der Waals surface area contributed by atoms with E-state index in [0.717, 1.165) is 36.7 Å². The summed E-state index contributed by atoms with van der Waals surface area (Å²) in [7, 11) is 0. The van der Waals surface area contributed by atoms with E-state index < -0.39 is 0 Å². The molecule has 2 heterocycles. The zero-order chi connectivity index (χ0) is 13.4. The fourth-order valence-corrected chi connectivity index (χ4v) is 4.19. The molecule has 2 aliphatic heterocycles. The summed E-state index contributed by atoms with van der Waals surface area (Å²) in [5, 5.41) is 0. The van der Waals surface area contributed by atoms with Gasteiger partial charge in [0.1, 0.15) is 18.0 Å². The van der Waals surface area contributed by atoms with Crippen LogP contribution in [0.1, 0.15) is 26.2 Å². The van der Waals surface area contributed by atoms with Crippen molar-refractivity contribution in [3.8, 4) is 0 Å². The molecule has 0 aromatic rings. The third kappa shape index (κ3) is 1.27. The lowest BCUT2D eigenvalue weighted by Gasteiger charge is -2.27. The van der Waals surface area contributed by atoms with Crippen molar-refractivity contribution in [1.82, 2.24) is 0 Å². The summed E-state index contributed by atoms with van der Waals surface area (Å²) in [4.78, 5) is 23.1. The van der Waals surface area contributed by atoms with Crippen molar-refractivity contribution >= 4 is 12.3 Å². The molecule has 0 N–H and O–H groups in total. The Bertz CT molecular complexity index is 546. The number of ether oxygens (including phenoxy) is 2. The number of epoxide rings is 1. The predicted molar refractivity (Wildman–Crippen MR) is 66.2 cm³/mol. The van der Waals surface area contributed by atoms with Gasteiger partial charge >= 0.3 is 5.97 Å². The standard InChI is InChI=1S/C15H16O4/c1-7-9-4-3-8(6-16)10-5-11-15(2,19-11)12(10)13(9)18-14(7)17/h6,9,11-13H,1,3-5H2,2H3/t9-,11-,12-,13-,15-/m0/s1. The number of rotatable bonds is 1. The van der Waals surface area contributed by atoms with Crippen LogP contribution in [-0.4, -0.2) is 30.1 Å². The first-order valence-electron chi connectivity index (χ1n) is 6.81. The largest absolute Gasteiger partial charge is 0.458 e. The van der Waals surface area contributed by atoms with Gasteiger partial charge in [0.25, 0.3) is 0 Å². The number of hydrogen-bond acceptors (Lipinski definition) is 4. The van der Waals surface area contributed by atoms with Crippen LogP contribution >= 0.6 is 0 Å². The third-order valence-electron chi connectivity index (χ3n) is 5.33. The van der Waals surface area contributed by atoms with Gasteiger partial charge in [0.15, 0.2) is 0 Å². The van der Waals surface area contributed by atoms with Gasteiger partial charge in [0.05, 0.1) is 6.10 Å². The highest BCUT2D eigenvalue weighted by atomic mass is 16.6. The average molecular weight is 260 g/mol. The molecule has 0 aromatic carbocycles. The number of esters is 1. The molecule has 4 aliphatic rings. The summed E-state index contributed by atoms with van der Waals surface area (Å²) < 4.78 is 11.3. The van der Waals surface area contributed by atoms with Gasteiger partial charge < -0.3 is 9.47 Å². The fourth-order valence-electron chi connectivity index (χ4n) is 4.19. The van der Waals surface area contributed by atoms with E-state index in [0.29, 0.717) is 5.57 Å². The monoisotopic (exact) mass is 260 g/mol. The van der Waals surface area contributed by atoms with Crippen LogP contribution in [0.3, 0.4) is 0 Å². The van der Waals surface area contributed by atoms with E-state index >= 15 is 0 Å². The molecule has 0 unspecified atom stereocenters. The van der Waals surface area contributed by atoms with Crippen LogP contribution in [0.15, 0.2) is 23.3 Å². The summed E-state index contributed by atoms with van der Waals surface area (Å²) in [6, 6.07) is 0. The van der Waals surface area contributed by atoms with Crippen LogP contribution in [0.25, 0.3) is 0 Å². The second-order valence-electron chi connectivity index (χ2n) is 6.18. The average Bonchev–Trinajstić information content (AvgIpc) is 2.89. The number of carbonyl (C=O) groups excluding carboxylic acids is 2. The Balaban J connectivity index is 1.83. The lowest BCUT2D eigenvalue weighted by atomic mass is 9.81. The van der Waals surface area contributed by atoms with Crippen molar-refractivity contribution in [2.45, 2.75) is 44.0 Å². The Morgan fingerprint density at radius 1 is 1.47 bits per heavy atom. The lowest BCUT2D eigenvalue weighted by Crippen LogP contribution is -2.35. The summed E-state index contributed by atoms with van der Waals surface area (Å²) in [6.07, 6.45) is 3.27. The molecular weight excluding hydrogens is 244 g/mol. The van der Waals surface area contributed by atoms with Crippen LogP contribution in [0.4, 0.5) is 0 Å². The molecule has 5 atom stereocenters. The Morgan fingerprint density at radius 2 is 2.26 bits per heavy atom. The topological polar surface area (TPSA) is 55.9 Å². The van der Waals surface area contributed by atoms with E-state index in [1.54, 1.807) is 0 Å². The van der Waals surface area contributed by atoms with E-state index in [9.17, 15) is 9.59 Å². The minimum absolute atomic E-state index is 0.0322. The van der Waals surface area contributed by atoms with Crippen LogP contribution in [0, 0.1) is 11.8 Å². The number of hydrogen-bond donors (Lipinski definition) is 0. The summed E-state index contributed by atoms with van der Waals surface area (Å²) >= 11 is 0. The van der Waals surface area contributed by atoms with Crippen molar-refractivity contribution in [2.24, 2.45) is 11.8 Å². The second kappa shape index (κ2) is 3.37. The van der Waals surface area contributed by atoms with E-state index in [4.69, 9.17) is 9.47 Å². The van der Waals surface area contributed by atoms with Crippen LogP contribution in [0.2, 0.25) is 0 Å². The van der Waals surface area contributed by atoms with Gasteiger partial charge in [-0.3, -0.25) is 4.79 Å². The first-order chi connectivity index (χ1) is 9.06. The maximum Gasteiger partial charge on any atom is 0.334 e. The van der Waals surface area contributed by atoms with E-state index in [2.05, 4.69) is 13.5 Å². The van der Waals surface area contributed by atoms with Gasteiger partial charge in [-0.15, -0.1) is 0 Å². The molecular formula is C15H16O4. The minimum Gasteiger partial charge on any atom is -0.458 e.